The molecule has 0 fully saturated rings. The Labute approximate surface area is 255 Å². The Morgan fingerprint density at radius 2 is 1.73 bits per heavy atom. The average molecular weight is 671 g/mol. The summed E-state index contributed by atoms with van der Waals surface area (Å²) in [6.07, 6.45) is 12.0. The van der Waals surface area contributed by atoms with E-state index in [4.69, 9.17) is 4.74 Å². The third kappa shape index (κ3) is 12.1. The van der Waals surface area contributed by atoms with E-state index in [-0.39, 0.29) is 31.4 Å². The fourth-order valence-corrected chi connectivity index (χ4v) is 5.58. The first-order chi connectivity index (χ1) is 19.3. The number of aliphatic hydroxyl groups is 2. The monoisotopic (exact) mass is 670 g/mol. The van der Waals surface area contributed by atoms with E-state index in [1.807, 2.05) is 24.3 Å². The first-order valence-corrected chi connectivity index (χ1v) is 16.3. The summed E-state index contributed by atoms with van der Waals surface area (Å²) in [5.74, 6) is 0.730. The number of hydrogen-bond donors (Lipinski definition) is 3. The lowest BCUT2D eigenvalue weighted by atomic mass is 9.87. The van der Waals surface area contributed by atoms with Gasteiger partial charge in [0.25, 0.3) is 0 Å². The molecule has 1 aromatic carbocycles. The molecule has 2 amide bonds. The van der Waals surface area contributed by atoms with Crippen LogP contribution in [0.25, 0.3) is 0 Å². The number of para-hydroxylation sites is 1. The molecule has 7 nitrogen and oxygen atoms in total. The Balaban J connectivity index is 2.14. The first kappa shape index (κ1) is 34.6. The quantitative estimate of drug-likeness (QED) is 0.124. The van der Waals surface area contributed by atoms with Crippen LogP contribution in [0.2, 0.25) is 0 Å². The van der Waals surface area contributed by atoms with Gasteiger partial charge in [0.2, 0.25) is 11.8 Å². The van der Waals surface area contributed by atoms with E-state index >= 15 is 0 Å². The van der Waals surface area contributed by atoms with Crippen molar-refractivity contribution >= 4 is 34.4 Å². The molecule has 0 aromatic heterocycles. The molecular formula is C32H51IN2O5. The fourth-order valence-electron chi connectivity index (χ4n) is 5.07. The second kappa shape index (κ2) is 19.5. The molecule has 0 heterocycles. The minimum Gasteiger partial charge on any atom is -0.482 e. The molecule has 0 saturated heterocycles. The van der Waals surface area contributed by atoms with Gasteiger partial charge in [-0.3, -0.25) is 9.59 Å². The lowest BCUT2D eigenvalue weighted by Crippen LogP contribution is -2.55. The van der Waals surface area contributed by atoms with Crippen LogP contribution in [0.15, 0.2) is 35.9 Å². The molecule has 1 aliphatic carbocycles. The van der Waals surface area contributed by atoms with Crippen LogP contribution in [0.5, 0.6) is 5.75 Å². The summed E-state index contributed by atoms with van der Waals surface area (Å²) in [5, 5.41) is 23.5. The van der Waals surface area contributed by atoms with E-state index in [1.165, 1.54) is 38.5 Å². The molecule has 0 saturated carbocycles. The van der Waals surface area contributed by atoms with Gasteiger partial charge in [-0.05, 0) is 59.6 Å². The zero-order valence-electron chi connectivity index (χ0n) is 24.7. The van der Waals surface area contributed by atoms with Crippen LogP contribution in [-0.4, -0.2) is 64.9 Å². The van der Waals surface area contributed by atoms with Gasteiger partial charge in [-0.25, -0.2) is 0 Å². The Morgan fingerprint density at radius 3 is 2.35 bits per heavy atom. The molecule has 0 unspecified atom stereocenters. The molecule has 0 aliphatic heterocycles. The number of benzene rings is 1. The van der Waals surface area contributed by atoms with Gasteiger partial charge in [-0.15, -0.1) is 0 Å². The lowest BCUT2D eigenvalue weighted by Gasteiger charge is -2.41. The van der Waals surface area contributed by atoms with Crippen LogP contribution in [-0.2, 0) is 9.59 Å². The third-order valence-electron chi connectivity index (χ3n) is 7.48. The van der Waals surface area contributed by atoms with Crippen molar-refractivity contribution in [1.82, 2.24) is 10.2 Å². The molecule has 40 heavy (non-hydrogen) atoms. The topological polar surface area (TPSA) is 99.1 Å². The van der Waals surface area contributed by atoms with E-state index in [1.54, 1.807) is 11.0 Å². The number of rotatable bonds is 19. The van der Waals surface area contributed by atoms with Gasteiger partial charge in [-0.2, -0.15) is 0 Å². The van der Waals surface area contributed by atoms with Crippen molar-refractivity contribution < 1.29 is 24.5 Å². The molecule has 1 aromatic rings. The van der Waals surface area contributed by atoms with Crippen LogP contribution in [0.1, 0.15) is 97.8 Å². The van der Waals surface area contributed by atoms with Crippen molar-refractivity contribution in [3.05, 3.63) is 39.5 Å². The van der Waals surface area contributed by atoms with Crippen molar-refractivity contribution in [2.75, 3.05) is 19.7 Å². The number of unbranched alkanes of at least 4 members (excludes halogenated alkanes) is 8. The molecule has 3 N–H and O–H groups in total. The molecule has 226 valence electrons. The summed E-state index contributed by atoms with van der Waals surface area (Å²) in [6.45, 7) is 6.98. The zero-order chi connectivity index (χ0) is 29.3. The highest BCUT2D eigenvalue weighted by molar-refractivity contribution is 14.1. The van der Waals surface area contributed by atoms with Crippen LogP contribution in [0, 0.1) is 9.49 Å². The van der Waals surface area contributed by atoms with Crippen molar-refractivity contribution in [2.45, 2.75) is 116 Å². The molecule has 0 radical (unpaired) electrons. The van der Waals surface area contributed by atoms with E-state index in [0.717, 1.165) is 29.3 Å². The second-order valence-electron chi connectivity index (χ2n) is 11.3. The standard InChI is InChI=1S/C32H51IN2O5/c1-4-5-6-7-8-9-10-11-12-17-30(37)35(20-18-24(2)3)27-22-25(32(39)34-19-21-36)23-29(31(27)38)40-28-16-14-13-15-26(28)33/h13-16,23-24,27,29,31,36,38H,4-12,17-22H2,1-3H3,(H,34,39)/t27-,29+,31+/m1/s1. The summed E-state index contributed by atoms with van der Waals surface area (Å²) < 4.78 is 7.12. The largest absolute Gasteiger partial charge is 0.482 e. The molecule has 0 spiro atoms. The predicted molar refractivity (Wildman–Crippen MR) is 169 cm³/mol. The summed E-state index contributed by atoms with van der Waals surface area (Å²) in [4.78, 5) is 28.4. The first-order valence-electron chi connectivity index (χ1n) is 15.3. The van der Waals surface area contributed by atoms with Gasteiger partial charge in [0.15, 0.2) is 0 Å². The van der Waals surface area contributed by atoms with Crippen molar-refractivity contribution in [3.63, 3.8) is 0 Å². The summed E-state index contributed by atoms with van der Waals surface area (Å²) in [6, 6.07) is 6.97. The van der Waals surface area contributed by atoms with Gasteiger partial charge >= 0.3 is 0 Å². The lowest BCUT2D eigenvalue weighted by molar-refractivity contribution is -0.139. The highest BCUT2D eigenvalue weighted by atomic mass is 127. The summed E-state index contributed by atoms with van der Waals surface area (Å²) >= 11 is 2.18. The van der Waals surface area contributed by atoms with E-state index in [9.17, 15) is 19.8 Å². The predicted octanol–water partition coefficient (Wildman–Crippen LogP) is 6.00. The number of hydrogen-bond acceptors (Lipinski definition) is 5. The number of carbonyl (C=O) groups excluding carboxylic acids is 2. The minimum absolute atomic E-state index is 0.0257. The highest BCUT2D eigenvalue weighted by Crippen LogP contribution is 2.30. The van der Waals surface area contributed by atoms with Crippen LogP contribution in [0.3, 0.4) is 0 Å². The number of amides is 2. The van der Waals surface area contributed by atoms with Gasteiger partial charge in [0.05, 0.1) is 16.2 Å². The van der Waals surface area contributed by atoms with Crippen molar-refractivity contribution in [3.8, 4) is 5.75 Å². The van der Waals surface area contributed by atoms with Gasteiger partial charge in [0.1, 0.15) is 18.0 Å². The SMILES string of the molecule is CCCCCCCCCCCC(=O)N(CCC(C)C)[C@@H]1CC(C(=O)NCCO)=C[C@H](Oc2ccccc2I)[C@H]1O. The third-order valence-corrected chi connectivity index (χ3v) is 8.37. The zero-order valence-corrected chi connectivity index (χ0v) is 26.9. The van der Waals surface area contributed by atoms with E-state index in [0.29, 0.717) is 30.2 Å². The van der Waals surface area contributed by atoms with Gasteiger partial charge in [0, 0.05) is 31.5 Å². The van der Waals surface area contributed by atoms with E-state index < -0.39 is 18.2 Å². The summed E-state index contributed by atoms with van der Waals surface area (Å²) in [5.41, 5.74) is 0.463. The second-order valence-corrected chi connectivity index (χ2v) is 12.5. The molecule has 2 rings (SSSR count). The van der Waals surface area contributed by atoms with Crippen molar-refractivity contribution in [1.29, 1.82) is 0 Å². The van der Waals surface area contributed by atoms with Crippen LogP contribution < -0.4 is 10.1 Å². The van der Waals surface area contributed by atoms with Crippen LogP contribution >= 0.6 is 22.6 Å². The average Bonchev–Trinajstić information content (AvgIpc) is 2.93. The Hall–Kier alpha value is -1.65. The molecule has 3 atom stereocenters. The van der Waals surface area contributed by atoms with Gasteiger partial charge in [-0.1, -0.05) is 84.3 Å². The smallest absolute Gasteiger partial charge is 0.247 e. The number of nitrogens with one attached hydrogen (secondary N) is 1. The highest BCUT2D eigenvalue weighted by Gasteiger charge is 2.40. The minimum atomic E-state index is -0.982. The Kier molecular flexibility index (Phi) is 16.8. The normalized spacial score (nSPS) is 18.9. The number of ether oxygens (including phenoxy) is 1. The van der Waals surface area contributed by atoms with Crippen molar-refractivity contribution in [2.24, 2.45) is 5.92 Å². The molecule has 0 bridgehead atoms. The Bertz CT molecular complexity index is 922. The maximum Gasteiger partial charge on any atom is 0.247 e. The number of aliphatic hydroxyl groups excluding tert-OH is 2. The maximum absolute atomic E-state index is 13.6. The number of carbonyl (C=O) groups is 2. The van der Waals surface area contributed by atoms with E-state index in [2.05, 4.69) is 48.7 Å². The molecule has 1 aliphatic rings. The fraction of sp³-hybridized carbons (Fsp3) is 0.688. The van der Waals surface area contributed by atoms with Gasteiger partial charge < -0.3 is 25.2 Å². The molecule has 8 heteroatoms. The number of nitrogens with zero attached hydrogens (tertiary/aromatic N) is 1. The number of halogens is 1. The maximum atomic E-state index is 13.6. The van der Waals surface area contributed by atoms with Crippen LogP contribution in [0.4, 0.5) is 0 Å². The molecular weight excluding hydrogens is 619 g/mol. The summed E-state index contributed by atoms with van der Waals surface area (Å²) in [7, 11) is 0. The Morgan fingerprint density at radius 1 is 1.07 bits per heavy atom.